The SMILES string of the molecule is COCC1OC(n2cnc3c(N)ncnc32)CC1OP(NS(=O)c1ccc(C)cc1)OCC1OC(n2cnc3c(N)ncnc32)CC1OC. The summed E-state index contributed by atoms with van der Waals surface area (Å²) in [6.07, 6.45) is 4.11. The highest BCUT2D eigenvalue weighted by molar-refractivity contribution is 7.88. The number of hydrogen-bond donors (Lipinski definition) is 3. The first-order valence-electron chi connectivity index (χ1n) is 15.4. The molecule has 6 heterocycles. The van der Waals surface area contributed by atoms with Crippen molar-refractivity contribution in [2.45, 2.75) is 61.5 Å². The molecule has 7 rings (SSSR count). The normalized spacial score (nSPS) is 25.4. The number of hydrogen-bond acceptors (Lipinski definition) is 15. The van der Waals surface area contributed by atoms with Crippen LogP contribution in [0.15, 0.2) is 54.5 Å². The molecule has 18 nitrogen and oxygen atoms in total. The Labute approximate surface area is 284 Å². The number of benzene rings is 1. The topological polar surface area (TPSA) is 224 Å². The largest absolute Gasteiger partial charge is 0.382 e. The van der Waals surface area contributed by atoms with Gasteiger partial charge in [0.2, 0.25) is 0 Å². The lowest BCUT2D eigenvalue weighted by Gasteiger charge is -2.25. The maximum Gasteiger partial charge on any atom is 0.269 e. The molecule has 2 aliphatic heterocycles. The smallest absolute Gasteiger partial charge is 0.269 e. The predicted molar refractivity (Wildman–Crippen MR) is 178 cm³/mol. The van der Waals surface area contributed by atoms with Crippen molar-refractivity contribution < 1.29 is 32.2 Å². The van der Waals surface area contributed by atoms with Crippen molar-refractivity contribution in [2.24, 2.45) is 0 Å². The van der Waals surface area contributed by atoms with Crippen LogP contribution < -0.4 is 16.0 Å². The van der Waals surface area contributed by atoms with Gasteiger partial charge in [0.25, 0.3) is 8.53 Å². The Morgan fingerprint density at radius 2 is 1.43 bits per heavy atom. The minimum Gasteiger partial charge on any atom is -0.382 e. The molecule has 0 amide bonds. The number of rotatable bonds is 13. The van der Waals surface area contributed by atoms with Crippen LogP contribution >= 0.6 is 8.53 Å². The van der Waals surface area contributed by atoms with Crippen LogP contribution in [0, 0.1) is 6.92 Å². The van der Waals surface area contributed by atoms with Crippen LogP contribution in [0.2, 0.25) is 0 Å². The van der Waals surface area contributed by atoms with Crippen molar-refractivity contribution in [1.29, 1.82) is 0 Å². The highest BCUT2D eigenvalue weighted by atomic mass is 32.2. The van der Waals surface area contributed by atoms with Gasteiger partial charge < -0.3 is 39.5 Å². The van der Waals surface area contributed by atoms with E-state index < -0.39 is 50.3 Å². The number of fused-ring (bicyclic) bond motifs is 2. The quantitative estimate of drug-likeness (QED) is 0.149. The van der Waals surface area contributed by atoms with Gasteiger partial charge in [0.15, 0.2) is 22.9 Å². The van der Waals surface area contributed by atoms with E-state index in [1.165, 1.54) is 12.7 Å². The van der Waals surface area contributed by atoms with Crippen LogP contribution in [0.1, 0.15) is 30.9 Å². The van der Waals surface area contributed by atoms with Crippen LogP contribution in [0.3, 0.4) is 0 Å². The number of nitrogens with two attached hydrogens (primary N) is 2. The fraction of sp³-hybridized carbons (Fsp3) is 0.448. The van der Waals surface area contributed by atoms with Crippen LogP contribution in [0.5, 0.6) is 0 Å². The number of nitrogens with zero attached hydrogens (tertiary/aromatic N) is 8. The third-order valence-corrected chi connectivity index (χ3v) is 11.2. The lowest BCUT2D eigenvalue weighted by atomic mass is 10.2. The molecule has 0 aliphatic carbocycles. The van der Waals surface area contributed by atoms with Gasteiger partial charge in [-0.05, 0) is 19.1 Å². The number of aryl methyl sites for hydroxylation is 1. The van der Waals surface area contributed by atoms with Gasteiger partial charge in [-0.15, -0.1) is 0 Å². The van der Waals surface area contributed by atoms with E-state index in [-0.39, 0.29) is 31.0 Å². The minimum absolute atomic E-state index is 0.0663. The predicted octanol–water partition coefficient (Wildman–Crippen LogP) is 2.32. The second-order valence-corrected chi connectivity index (χ2v) is 14.2. The molecule has 8 unspecified atom stereocenters. The molecule has 0 saturated carbocycles. The lowest BCUT2D eigenvalue weighted by molar-refractivity contribution is -0.0553. The standard InChI is InChI=1S/C29H36N11O7PS/c1-16-4-6-17(7-5-16)49(41)38-48(44-11-21-18(43-3)8-22(46-21)39-14-36-24-26(30)32-12-34-28(24)39)47-19-9-23(45-20(19)10-42-2)40-15-37-25-27(31)33-13-35-29(25)40/h4-7,12-15,18-23,38H,8-11H2,1-3H3,(H2,30,32,34)(H2,31,33,35). The zero-order valence-electron chi connectivity index (χ0n) is 26.9. The number of imidazole rings is 2. The van der Waals surface area contributed by atoms with Crippen molar-refractivity contribution in [2.75, 3.05) is 38.9 Å². The molecule has 5 N–H and O–H groups in total. The van der Waals surface area contributed by atoms with Crippen molar-refractivity contribution in [3.63, 3.8) is 0 Å². The number of nitrogen functional groups attached to an aromatic ring is 2. The van der Waals surface area contributed by atoms with E-state index in [2.05, 4.69) is 34.4 Å². The summed E-state index contributed by atoms with van der Waals surface area (Å²) >= 11 is 0. The number of nitrogens with one attached hydrogen (secondary N) is 1. The first kappa shape index (κ1) is 33.7. The summed E-state index contributed by atoms with van der Waals surface area (Å²) in [6.45, 7) is 2.27. The van der Waals surface area contributed by atoms with Crippen molar-refractivity contribution in [1.82, 2.24) is 43.5 Å². The Morgan fingerprint density at radius 3 is 2.00 bits per heavy atom. The molecule has 5 aromatic rings. The van der Waals surface area contributed by atoms with E-state index in [1.807, 2.05) is 19.1 Å². The summed E-state index contributed by atoms with van der Waals surface area (Å²) < 4.78 is 57.1. The van der Waals surface area contributed by atoms with E-state index in [1.54, 1.807) is 48.1 Å². The van der Waals surface area contributed by atoms with Crippen LogP contribution in [-0.2, 0) is 39.0 Å². The zero-order valence-corrected chi connectivity index (χ0v) is 28.6. The summed E-state index contributed by atoms with van der Waals surface area (Å²) in [5.74, 6) is 0.552. The summed E-state index contributed by atoms with van der Waals surface area (Å²) in [6, 6.07) is 7.37. The molecule has 0 spiro atoms. The van der Waals surface area contributed by atoms with E-state index in [9.17, 15) is 4.21 Å². The zero-order chi connectivity index (χ0) is 34.1. The Kier molecular flexibility index (Phi) is 10.0. The van der Waals surface area contributed by atoms with Crippen LogP contribution in [0.25, 0.3) is 22.3 Å². The number of aromatic nitrogens is 8. The average molecular weight is 714 g/mol. The van der Waals surface area contributed by atoms with Crippen molar-refractivity contribution in [3.05, 3.63) is 55.1 Å². The highest BCUT2D eigenvalue weighted by Crippen LogP contribution is 2.44. The molecule has 49 heavy (non-hydrogen) atoms. The van der Waals surface area contributed by atoms with Gasteiger partial charge >= 0.3 is 0 Å². The summed E-state index contributed by atoms with van der Waals surface area (Å²) in [5.41, 5.74) is 15.1. The molecule has 4 aromatic heterocycles. The second kappa shape index (κ2) is 14.6. The van der Waals surface area contributed by atoms with Gasteiger partial charge in [-0.3, -0.25) is 9.13 Å². The fourth-order valence-electron chi connectivity index (χ4n) is 5.85. The molecule has 260 valence electrons. The van der Waals surface area contributed by atoms with Gasteiger partial charge in [0.1, 0.15) is 59.3 Å². The van der Waals surface area contributed by atoms with Gasteiger partial charge in [-0.25, -0.2) is 34.1 Å². The molecule has 8 atom stereocenters. The first-order chi connectivity index (χ1) is 23.8. The molecule has 2 aliphatic rings. The fourth-order valence-corrected chi connectivity index (χ4v) is 8.39. The molecule has 0 radical (unpaired) electrons. The summed E-state index contributed by atoms with van der Waals surface area (Å²) in [5, 5.41) is 0. The first-order valence-corrected chi connectivity index (χ1v) is 17.7. The van der Waals surface area contributed by atoms with Gasteiger partial charge in [0, 0.05) is 27.1 Å². The van der Waals surface area contributed by atoms with E-state index >= 15 is 0 Å². The maximum atomic E-state index is 13.5. The lowest BCUT2D eigenvalue weighted by Crippen LogP contribution is -2.31. The molecule has 1 aromatic carbocycles. The third kappa shape index (κ3) is 6.99. The Hall–Kier alpha value is -3.78. The second-order valence-electron chi connectivity index (χ2n) is 11.5. The summed E-state index contributed by atoms with van der Waals surface area (Å²) in [7, 11) is -0.436. The third-order valence-electron chi connectivity index (χ3n) is 8.37. The Balaban J connectivity index is 1.10. The average Bonchev–Trinajstić information content (AvgIpc) is 3.89. The molecular weight excluding hydrogens is 677 g/mol. The van der Waals surface area contributed by atoms with Crippen LogP contribution in [0.4, 0.5) is 11.6 Å². The molecule has 20 heteroatoms. The Morgan fingerprint density at radius 1 is 0.857 bits per heavy atom. The molecular formula is C29H36N11O7PS. The van der Waals surface area contributed by atoms with Gasteiger partial charge in [-0.2, -0.15) is 4.49 Å². The van der Waals surface area contributed by atoms with E-state index in [0.717, 1.165) is 5.56 Å². The number of methoxy groups -OCH3 is 2. The van der Waals surface area contributed by atoms with E-state index in [0.29, 0.717) is 40.1 Å². The van der Waals surface area contributed by atoms with Gasteiger partial charge in [0.05, 0.1) is 43.0 Å². The Bertz CT molecular complexity index is 1930. The molecule has 2 saturated heterocycles. The number of ether oxygens (including phenoxy) is 4. The summed E-state index contributed by atoms with van der Waals surface area (Å²) in [4.78, 5) is 26.1. The molecule has 2 fully saturated rings. The van der Waals surface area contributed by atoms with Crippen molar-refractivity contribution >= 4 is 53.5 Å². The highest BCUT2D eigenvalue weighted by Gasteiger charge is 2.42. The van der Waals surface area contributed by atoms with Crippen molar-refractivity contribution in [3.8, 4) is 0 Å². The van der Waals surface area contributed by atoms with Crippen LogP contribution in [-0.4, -0.2) is 95.1 Å². The minimum atomic E-state index is -1.98. The molecule has 0 bridgehead atoms. The number of anilines is 2. The monoisotopic (exact) mass is 713 g/mol. The van der Waals surface area contributed by atoms with E-state index in [4.69, 9.17) is 39.5 Å². The van der Waals surface area contributed by atoms with Gasteiger partial charge in [-0.1, -0.05) is 17.7 Å². The maximum absolute atomic E-state index is 13.5.